The van der Waals surface area contributed by atoms with E-state index in [1.807, 2.05) is 34.6 Å². The minimum absolute atomic E-state index is 0.0482. The number of carbonyl (C=O) groups excluding carboxylic acids is 2. The molecule has 0 aromatic heterocycles. The minimum Gasteiger partial charge on any atom is -0.467 e. The monoisotopic (exact) mass is 313 g/mol. The number of hydrogen-bond donors (Lipinski definition) is 1. The van der Waals surface area contributed by atoms with Crippen LogP contribution in [0, 0.1) is 5.92 Å². The Balaban J connectivity index is 2.68. The highest BCUT2D eigenvalue weighted by Crippen LogP contribution is 2.11. The second kappa shape index (κ2) is 7.47. The van der Waals surface area contributed by atoms with Crippen LogP contribution in [0.5, 0.6) is 0 Å². The molecule has 0 saturated carbocycles. The fourth-order valence-electron chi connectivity index (χ4n) is 1.99. The number of amidine groups is 1. The van der Waals surface area contributed by atoms with E-state index in [1.165, 1.54) is 7.11 Å². The van der Waals surface area contributed by atoms with Crippen molar-refractivity contribution in [2.75, 3.05) is 26.7 Å². The lowest BCUT2D eigenvalue weighted by Gasteiger charge is -2.31. The summed E-state index contributed by atoms with van der Waals surface area (Å²) in [5.41, 5.74) is -0.536. The standard InChI is InChI=1S/C15H27N3O4/c1-10(2)12(13(19)21-6)17-11-9-18(8-7-16-11)14(20)22-15(3,4)5/h10,12H,7-9H2,1-6H3,(H,16,17). The summed E-state index contributed by atoms with van der Waals surface area (Å²) in [5.74, 6) is 0.306. The molecule has 7 heteroatoms. The summed E-state index contributed by atoms with van der Waals surface area (Å²) < 4.78 is 10.2. The molecule has 1 heterocycles. The fourth-order valence-corrected chi connectivity index (χ4v) is 1.99. The molecule has 22 heavy (non-hydrogen) atoms. The van der Waals surface area contributed by atoms with Crippen molar-refractivity contribution in [3.63, 3.8) is 0 Å². The third-order valence-electron chi connectivity index (χ3n) is 3.11. The van der Waals surface area contributed by atoms with Gasteiger partial charge in [0.25, 0.3) is 0 Å². The molecule has 1 rings (SSSR count). The Labute approximate surface area is 132 Å². The molecule has 1 aliphatic heterocycles. The molecule has 0 bridgehead atoms. The fraction of sp³-hybridized carbons (Fsp3) is 0.800. The number of nitrogens with zero attached hydrogens (tertiary/aromatic N) is 2. The summed E-state index contributed by atoms with van der Waals surface area (Å²) in [6.45, 7) is 10.6. The number of hydrogen-bond acceptors (Lipinski definition) is 6. The van der Waals surface area contributed by atoms with Gasteiger partial charge in [-0.2, -0.15) is 0 Å². The summed E-state index contributed by atoms with van der Waals surface area (Å²) in [5, 5.41) is 3.08. The summed E-state index contributed by atoms with van der Waals surface area (Å²) >= 11 is 0. The topological polar surface area (TPSA) is 80.2 Å². The second-order valence-corrected chi connectivity index (χ2v) is 6.62. The second-order valence-electron chi connectivity index (χ2n) is 6.62. The van der Waals surface area contributed by atoms with Gasteiger partial charge in [0.05, 0.1) is 20.2 Å². The lowest BCUT2D eigenvalue weighted by molar-refractivity contribution is -0.143. The number of esters is 1. The molecular formula is C15H27N3O4. The Morgan fingerprint density at radius 3 is 2.45 bits per heavy atom. The van der Waals surface area contributed by atoms with Crippen molar-refractivity contribution in [2.24, 2.45) is 10.9 Å². The van der Waals surface area contributed by atoms with Gasteiger partial charge in [0.2, 0.25) is 0 Å². The van der Waals surface area contributed by atoms with Crippen LogP contribution < -0.4 is 5.32 Å². The molecular weight excluding hydrogens is 286 g/mol. The van der Waals surface area contributed by atoms with Crippen molar-refractivity contribution < 1.29 is 19.1 Å². The molecule has 1 aliphatic rings. The van der Waals surface area contributed by atoms with Gasteiger partial charge in [0, 0.05) is 6.54 Å². The van der Waals surface area contributed by atoms with Gasteiger partial charge in [0.1, 0.15) is 17.5 Å². The Hall–Kier alpha value is -1.79. The van der Waals surface area contributed by atoms with Crippen LogP contribution in [-0.4, -0.2) is 61.2 Å². The highest BCUT2D eigenvalue weighted by atomic mass is 16.6. The largest absolute Gasteiger partial charge is 0.467 e. The van der Waals surface area contributed by atoms with Crippen LogP contribution in [0.15, 0.2) is 4.99 Å². The number of nitrogens with one attached hydrogen (secondary N) is 1. The molecule has 1 atom stereocenters. The van der Waals surface area contributed by atoms with Gasteiger partial charge in [-0.15, -0.1) is 0 Å². The van der Waals surface area contributed by atoms with E-state index in [9.17, 15) is 9.59 Å². The van der Waals surface area contributed by atoms with Gasteiger partial charge in [-0.3, -0.25) is 9.89 Å². The van der Waals surface area contributed by atoms with E-state index in [2.05, 4.69) is 10.3 Å². The van der Waals surface area contributed by atoms with Crippen LogP contribution in [0.1, 0.15) is 34.6 Å². The Kier molecular flexibility index (Phi) is 6.20. The third kappa shape index (κ3) is 5.54. The maximum atomic E-state index is 12.1. The third-order valence-corrected chi connectivity index (χ3v) is 3.11. The van der Waals surface area contributed by atoms with Crippen LogP contribution in [0.4, 0.5) is 4.79 Å². The molecule has 0 aliphatic carbocycles. The molecule has 0 radical (unpaired) electrons. The average Bonchev–Trinajstić information content (AvgIpc) is 2.42. The average molecular weight is 313 g/mol. The molecule has 0 fully saturated rings. The zero-order valence-electron chi connectivity index (χ0n) is 14.3. The SMILES string of the molecule is COC(=O)C(NC1=NCCN(C(=O)OC(C)(C)C)C1)C(C)C. The van der Waals surface area contributed by atoms with Crippen LogP contribution in [-0.2, 0) is 14.3 Å². The van der Waals surface area contributed by atoms with Crippen LogP contribution in [0.25, 0.3) is 0 Å². The van der Waals surface area contributed by atoms with Crippen molar-refractivity contribution in [2.45, 2.75) is 46.3 Å². The predicted molar refractivity (Wildman–Crippen MR) is 83.9 cm³/mol. The minimum atomic E-state index is -0.536. The predicted octanol–water partition coefficient (Wildman–Crippen LogP) is 1.42. The molecule has 1 amide bonds. The van der Waals surface area contributed by atoms with Crippen molar-refractivity contribution in [3.05, 3.63) is 0 Å². The molecule has 0 aromatic carbocycles. The number of amides is 1. The van der Waals surface area contributed by atoms with Crippen molar-refractivity contribution in [1.82, 2.24) is 10.2 Å². The molecule has 126 valence electrons. The number of ether oxygens (including phenoxy) is 2. The van der Waals surface area contributed by atoms with E-state index in [4.69, 9.17) is 9.47 Å². The molecule has 0 spiro atoms. The van der Waals surface area contributed by atoms with Crippen LogP contribution in [0.2, 0.25) is 0 Å². The molecule has 0 aromatic rings. The zero-order chi connectivity index (χ0) is 16.9. The van der Waals surface area contributed by atoms with Crippen LogP contribution >= 0.6 is 0 Å². The summed E-state index contributed by atoms with van der Waals surface area (Å²) in [6, 6.07) is -0.484. The van der Waals surface area contributed by atoms with E-state index < -0.39 is 11.6 Å². The van der Waals surface area contributed by atoms with Gasteiger partial charge in [-0.1, -0.05) is 13.8 Å². The molecule has 1 N–H and O–H groups in total. The van der Waals surface area contributed by atoms with Crippen LogP contribution in [0.3, 0.4) is 0 Å². The normalized spacial score (nSPS) is 16.9. The first-order chi connectivity index (χ1) is 10.1. The lowest BCUT2D eigenvalue weighted by Crippen LogP contribution is -2.52. The Bertz CT molecular complexity index is 441. The molecule has 1 unspecified atom stereocenters. The lowest BCUT2D eigenvalue weighted by atomic mass is 10.0. The number of methoxy groups -OCH3 is 1. The maximum absolute atomic E-state index is 12.1. The van der Waals surface area contributed by atoms with E-state index in [1.54, 1.807) is 4.90 Å². The summed E-state index contributed by atoms with van der Waals surface area (Å²) in [6.07, 6.45) is -0.374. The first kappa shape index (κ1) is 18.3. The van der Waals surface area contributed by atoms with E-state index in [0.29, 0.717) is 25.5 Å². The van der Waals surface area contributed by atoms with Crippen molar-refractivity contribution in [1.29, 1.82) is 0 Å². The van der Waals surface area contributed by atoms with E-state index >= 15 is 0 Å². The molecule has 0 saturated heterocycles. The van der Waals surface area contributed by atoms with E-state index in [-0.39, 0.29) is 18.0 Å². The summed E-state index contributed by atoms with van der Waals surface area (Å²) in [4.78, 5) is 29.8. The van der Waals surface area contributed by atoms with E-state index in [0.717, 1.165) is 0 Å². The number of aliphatic imine (C=N–C) groups is 1. The Morgan fingerprint density at radius 2 is 1.95 bits per heavy atom. The Morgan fingerprint density at radius 1 is 1.32 bits per heavy atom. The summed E-state index contributed by atoms with van der Waals surface area (Å²) in [7, 11) is 1.36. The van der Waals surface area contributed by atoms with Gasteiger partial charge in [-0.05, 0) is 26.7 Å². The molecule has 7 nitrogen and oxygen atoms in total. The quantitative estimate of drug-likeness (QED) is 0.797. The number of carbonyl (C=O) groups is 2. The number of rotatable bonds is 3. The van der Waals surface area contributed by atoms with Gasteiger partial charge >= 0.3 is 12.1 Å². The zero-order valence-corrected chi connectivity index (χ0v) is 14.3. The highest BCUT2D eigenvalue weighted by molar-refractivity contribution is 5.91. The maximum Gasteiger partial charge on any atom is 0.410 e. The van der Waals surface area contributed by atoms with Gasteiger partial charge in [-0.25, -0.2) is 9.59 Å². The smallest absolute Gasteiger partial charge is 0.410 e. The highest BCUT2D eigenvalue weighted by Gasteiger charge is 2.28. The van der Waals surface area contributed by atoms with Gasteiger partial charge < -0.3 is 14.8 Å². The van der Waals surface area contributed by atoms with Crippen molar-refractivity contribution >= 4 is 17.9 Å². The first-order valence-electron chi connectivity index (χ1n) is 7.49. The first-order valence-corrected chi connectivity index (χ1v) is 7.49. The van der Waals surface area contributed by atoms with Crippen molar-refractivity contribution in [3.8, 4) is 0 Å². The van der Waals surface area contributed by atoms with Gasteiger partial charge in [0.15, 0.2) is 0 Å².